The molecule has 2 rings (SSSR count). The highest BCUT2D eigenvalue weighted by atomic mass is 32.1. The van der Waals surface area contributed by atoms with E-state index in [2.05, 4.69) is 4.98 Å². The minimum atomic E-state index is -1.32. The van der Waals surface area contributed by atoms with Crippen LogP contribution in [-0.2, 0) is 14.3 Å². The van der Waals surface area contributed by atoms with E-state index < -0.39 is 54.2 Å². The zero-order valence-electron chi connectivity index (χ0n) is 21.6. The molecule has 7 atom stereocenters. The van der Waals surface area contributed by atoms with Gasteiger partial charge in [-0.3, -0.25) is 9.59 Å². The molecule has 2 heterocycles. The Morgan fingerprint density at radius 3 is 2.40 bits per heavy atom. The topological polar surface area (TPSA) is 137 Å². The maximum atomic E-state index is 13.1. The second-order valence-corrected chi connectivity index (χ2v) is 11.6. The van der Waals surface area contributed by atoms with Crippen LogP contribution < -0.4 is 0 Å². The Balaban J connectivity index is 2.33. The van der Waals surface area contributed by atoms with Crippen LogP contribution in [0.4, 0.5) is 0 Å². The molecule has 9 heteroatoms. The van der Waals surface area contributed by atoms with Crippen molar-refractivity contribution in [3.05, 3.63) is 21.7 Å². The van der Waals surface area contributed by atoms with E-state index in [1.807, 2.05) is 19.2 Å². The predicted octanol–water partition coefficient (Wildman–Crippen LogP) is 3.04. The maximum absolute atomic E-state index is 13.1. The number of hydrogen-bond donors (Lipinski definition) is 4. The number of carbonyl (C=O) groups is 2. The van der Waals surface area contributed by atoms with Gasteiger partial charge in [-0.15, -0.1) is 11.3 Å². The molecule has 0 aliphatic carbocycles. The quantitative estimate of drug-likeness (QED) is 0.445. The second-order valence-electron chi connectivity index (χ2n) is 10.5. The Hall–Kier alpha value is -1.65. The molecule has 0 radical (unpaired) electrons. The molecule has 0 aromatic carbocycles. The molecule has 1 unspecified atom stereocenters. The van der Waals surface area contributed by atoms with E-state index in [1.54, 1.807) is 33.8 Å². The van der Waals surface area contributed by atoms with Crippen LogP contribution in [0.5, 0.6) is 0 Å². The van der Waals surface area contributed by atoms with Crippen LogP contribution in [0.2, 0.25) is 0 Å². The van der Waals surface area contributed by atoms with Gasteiger partial charge in [0.15, 0.2) is 0 Å². The molecule has 1 saturated heterocycles. The molecule has 0 amide bonds. The molecule has 1 aliphatic rings. The third-order valence-electron chi connectivity index (χ3n) is 7.19. The monoisotopic (exact) mass is 511 g/mol. The summed E-state index contributed by atoms with van der Waals surface area (Å²) in [5, 5.41) is 45.5. The molecule has 1 aromatic rings. The van der Waals surface area contributed by atoms with Crippen molar-refractivity contribution in [3.8, 4) is 0 Å². The van der Waals surface area contributed by atoms with Gasteiger partial charge in [0.1, 0.15) is 11.9 Å². The molecular formula is C26H41NO7S. The minimum absolute atomic E-state index is 0.0218. The summed E-state index contributed by atoms with van der Waals surface area (Å²) in [5.41, 5.74) is 0.0764. The summed E-state index contributed by atoms with van der Waals surface area (Å²) < 4.78 is 5.65. The SMILES string of the molecule is C/C(=C\c1csc(C)n1)[C@@H]1C[C@@H](O)[C@H](O)CCC[C@H](C)[C@H](O)[C@@H](C)C(=O)C(C)(C)C(O)CC(=O)O1. The van der Waals surface area contributed by atoms with E-state index in [0.717, 1.165) is 5.01 Å². The molecule has 0 bridgehead atoms. The number of carbonyl (C=O) groups excluding carboxylic acids is 2. The normalized spacial score (nSPS) is 34.5. The molecule has 8 nitrogen and oxygen atoms in total. The number of thiazole rings is 1. The summed E-state index contributed by atoms with van der Waals surface area (Å²) in [6, 6.07) is 0. The Morgan fingerprint density at radius 1 is 1.14 bits per heavy atom. The van der Waals surface area contributed by atoms with Gasteiger partial charge >= 0.3 is 5.97 Å². The number of rotatable bonds is 2. The van der Waals surface area contributed by atoms with Crippen LogP contribution >= 0.6 is 11.3 Å². The smallest absolute Gasteiger partial charge is 0.309 e. The highest BCUT2D eigenvalue weighted by Gasteiger charge is 2.42. The second kappa shape index (κ2) is 12.5. The van der Waals surface area contributed by atoms with Crippen molar-refractivity contribution in [2.75, 3.05) is 0 Å². The Bertz CT molecular complexity index is 896. The molecule has 35 heavy (non-hydrogen) atoms. The molecular weight excluding hydrogens is 470 g/mol. The van der Waals surface area contributed by atoms with Gasteiger partial charge in [-0.1, -0.05) is 34.1 Å². The number of aliphatic hydroxyl groups excluding tert-OH is 4. The first-order chi connectivity index (χ1) is 16.2. The van der Waals surface area contributed by atoms with Crippen molar-refractivity contribution < 1.29 is 34.8 Å². The number of aromatic nitrogens is 1. The Labute approximate surface area is 212 Å². The van der Waals surface area contributed by atoms with Crippen LogP contribution in [0.25, 0.3) is 6.08 Å². The average Bonchev–Trinajstić information content (AvgIpc) is 3.20. The fraction of sp³-hybridized carbons (Fsp3) is 0.731. The maximum Gasteiger partial charge on any atom is 0.309 e. The van der Waals surface area contributed by atoms with E-state index in [0.29, 0.717) is 30.5 Å². The van der Waals surface area contributed by atoms with Gasteiger partial charge in [0.05, 0.1) is 47.0 Å². The van der Waals surface area contributed by atoms with Gasteiger partial charge in [0.2, 0.25) is 0 Å². The summed E-state index contributed by atoms with van der Waals surface area (Å²) >= 11 is 1.49. The third-order valence-corrected chi connectivity index (χ3v) is 7.98. The standard InChI is InChI=1S/C26H41NO7S/c1-14-8-7-9-19(28)20(29)11-21(15(2)10-18-13-35-17(4)27-18)34-23(31)12-22(30)26(5,6)25(33)16(3)24(14)32/h10,13-14,16,19-22,24,28-30,32H,7-9,11-12H2,1-6H3/b15-10+/t14-,16+,19+,20+,21-,22?,24-/m0/s1. The van der Waals surface area contributed by atoms with Crippen LogP contribution in [0.15, 0.2) is 11.0 Å². The van der Waals surface area contributed by atoms with Crippen molar-refractivity contribution in [1.82, 2.24) is 4.98 Å². The Kier molecular flexibility index (Phi) is 10.6. The van der Waals surface area contributed by atoms with E-state index in [4.69, 9.17) is 4.74 Å². The number of ketones is 1. The summed E-state index contributed by atoms with van der Waals surface area (Å²) in [7, 11) is 0. The molecule has 0 spiro atoms. The highest BCUT2D eigenvalue weighted by Crippen LogP contribution is 2.32. The highest BCUT2D eigenvalue weighted by molar-refractivity contribution is 7.09. The first-order valence-corrected chi connectivity index (χ1v) is 13.2. The van der Waals surface area contributed by atoms with E-state index >= 15 is 0 Å². The molecule has 1 aliphatic heterocycles. The lowest BCUT2D eigenvalue weighted by Gasteiger charge is -2.35. The van der Waals surface area contributed by atoms with Gasteiger partial charge in [-0.2, -0.15) is 0 Å². The van der Waals surface area contributed by atoms with Crippen molar-refractivity contribution in [2.45, 2.75) is 104 Å². The van der Waals surface area contributed by atoms with E-state index in [-0.39, 0.29) is 18.1 Å². The number of nitrogens with zero attached hydrogens (tertiary/aromatic N) is 1. The number of ether oxygens (including phenoxy) is 1. The summed E-state index contributed by atoms with van der Waals surface area (Å²) in [4.78, 5) is 30.4. The lowest BCUT2D eigenvalue weighted by Crippen LogP contribution is -2.46. The van der Waals surface area contributed by atoms with Crippen LogP contribution in [0, 0.1) is 24.2 Å². The van der Waals surface area contributed by atoms with Gasteiger partial charge in [0.25, 0.3) is 0 Å². The van der Waals surface area contributed by atoms with Gasteiger partial charge in [-0.05, 0) is 44.3 Å². The summed E-state index contributed by atoms with van der Waals surface area (Å²) in [6.45, 7) is 10.2. The zero-order valence-corrected chi connectivity index (χ0v) is 22.4. The van der Waals surface area contributed by atoms with E-state index in [9.17, 15) is 30.0 Å². The summed E-state index contributed by atoms with van der Waals surface area (Å²) in [6.07, 6.45) is -2.52. The minimum Gasteiger partial charge on any atom is -0.458 e. The number of Topliss-reactive ketones (excluding diaryl/α,β-unsaturated/α-hetero) is 1. The number of esters is 1. The molecule has 0 saturated carbocycles. The predicted molar refractivity (Wildman–Crippen MR) is 135 cm³/mol. The van der Waals surface area contributed by atoms with Crippen molar-refractivity contribution in [1.29, 1.82) is 0 Å². The van der Waals surface area contributed by atoms with E-state index in [1.165, 1.54) is 11.3 Å². The summed E-state index contributed by atoms with van der Waals surface area (Å²) in [5.74, 6) is -2.01. The first-order valence-electron chi connectivity index (χ1n) is 12.3. The largest absolute Gasteiger partial charge is 0.458 e. The Morgan fingerprint density at radius 2 is 1.80 bits per heavy atom. The van der Waals surface area contributed by atoms with Gasteiger partial charge < -0.3 is 25.2 Å². The number of hydrogen-bond acceptors (Lipinski definition) is 9. The van der Waals surface area contributed by atoms with Crippen molar-refractivity contribution in [3.63, 3.8) is 0 Å². The molecule has 1 fully saturated rings. The molecule has 4 N–H and O–H groups in total. The fourth-order valence-corrected chi connectivity index (χ4v) is 5.08. The third kappa shape index (κ3) is 7.92. The lowest BCUT2D eigenvalue weighted by molar-refractivity contribution is -0.156. The fourth-order valence-electron chi connectivity index (χ4n) is 4.51. The lowest BCUT2D eigenvalue weighted by atomic mass is 9.73. The molecule has 198 valence electrons. The van der Waals surface area contributed by atoms with Crippen LogP contribution in [-0.4, -0.2) is 67.7 Å². The van der Waals surface area contributed by atoms with Crippen LogP contribution in [0.3, 0.4) is 0 Å². The number of aryl methyl sites for hydroxylation is 1. The zero-order chi connectivity index (χ0) is 26.5. The number of aliphatic hydroxyl groups is 4. The van der Waals surface area contributed by atoms with Crippen LogP contribution in [0.1, 0.15) is 77.4 Å². The first kappa shape index (κ1) is 29.6. The van der Waals surface area contributed by atoms with Crippen molar-refractivity contribution in [2.24, 2.45) is 17.3 Å². The molecule has 1 aromatic heterocycles. The van der Waals surface area contributed by atoms with Crippen molar-refractivity contribution >= 4 is 29.2 Å². The van der Waals surface area contributed by atoms with Gasteiger partial charge in [-0.25, -0.2) is 4.98 Å². The van der Waals surface area contributed by atoms with Gasteiger partial charge in [0, 0.05) is 17.7 Å². The number of cyclic esters (lactones) is 1. The average molecular weight is 512 g/mol.